The van der Waals surface area contributed by atoms with Gasteiger partial charge in [0.05, 0.1) is 0 Å². The smallest absolute Gasteiger partial charge is 0.407 e. The van der Waals surface area contributed by atoms with Crippen LogP contribution in [0.1, 0.15) is 33.6 Å². The number of amides is 1. The Morgan fingerprint density at radius 3 is 2.40 bits per heavy atom. The molecule has 0 unspecified atom stereocenters. The van der Waals surface area contributed by atoms with Crippen molar-refractivity contribution in [3.8, 4) is 0 Å². The van der Waals surface area contributed by atoms with Crippen LogP contribution in [0.15, 0.2) is 0 Å². The number of alkyl carbamates (subject to hydrolysis) is 1. The van der Waals surface area contributed by atoms with Gasteiger partial charge in [0.15, 0.2) is 0 Å². The zero-order valence-electron chi connectivity index (χ0n) is 9.62. The summed E-state index contributed by atoms with van der Waals surface area (Å²) in [5.74, 6) is 1.25. The monoisotopic (exact) mass is 212 g/mol. The highest BCUT2D eigenvalue weighted by molar-refractivity contribution is 5.68. The van der Waals surface area contributed by atoms with E-state index in [0.29, 0.717) is 11.8 Å². The summed E-state index contributed by atoms with van der Waals surface area (Å²) in [6, 6.07) is 0.509. The molecule has 0 aromatic heterocycles. The molecule has 4 atom stereocenters. The summed E-state index contributed by atoms with van der Waals surface area (Å²) in [6.07, 6.45) is 1.75. The van der Waals surface area contributed by atoms with Gasteiger partial charge < -0.3 is 15.8 Å². The summed E-state index contributed by atoms with van der Waals surface area (Å²) >= 11 is 0. The number of carbonyl (C=O) groups is 1. The van der Waals surface area contributed by atoms with Crippen LogP contribution >= 0.6 is 0 Å². The van der Waals surface area contributed by atoms with Crippen LogP contribution in [0.3, 0.4) is 0 Å². The second-order valence-corrected chi connectivity index (χ2v) is 5.72. The topological polar surface area (TPSA) is 64.3 Å². The lowest BCUT2D eigenvalue weighted by Crippen LogP contribution is -2.40. The van der Waals surface area contributed by atoms with E-state index in [1.54, 1.807) is 0 Å². The molecule has 0 radical (unpaired) electrons. The first-order chi connectivity index (χ1) is 6.87. The summed E-state index contributed by atoms with van der Waals surface area (Å²) in [5, 5.41) is 2.92. The molecule has 4 heteroatoms. The van der Waals surface area contributed by atoms with Crippen molar-refractivity contribution in [1.82, 2.24) is 5.32 Å². The van der Waals surface area contributed by atoms with Crippen LogP contribution in [0.5, 0.6) is 0 Å². The molecule has 2 aliphatic carbocycles. The highest BCUT2D eigenvalue weighted by Crippen LogP contribution is 2.51. The van der Waals surface area contributed by atoms with Crippen molar-refractivity contribution < 1.29 is 9.53 Å². The zero-order valence-corrected chi connectivity index (χ0v) is 9.62. The minimum absolute atomic E-state index is 0.236. The van der Waals surface area contributed by atoms with Gasteiger partial charge in [-0.1, -0.05) is 0 Å². The molecule has 0 bridgehead atoms. The molecule has 0 heterocycles. The molecule has 0 aromatic carbocycles. The molecular weight excluding hydrogens is 192 g/mol. The second-order valence-electron chi connectivity index (χ2n) is 5.72. The molecule has 0 aromatic rings. The normalized spacial score (nSPS) is 38.4. The van der Waals surface area contributed by atoms with Gasteiger partial charge in [-0.2, -0.15) is 0 Å². The Labute approximate surface area is 90.5 Å². The highest BCUT2D eigenvalue weighted by atomic mass is 16.6. The Bertz CT molecular complexity index is 272. The van der Waals surface area contributed by atoms with E-state index >= 15 is 0 Å². The Morgan fingerprint density at radius 2 is 2.00 bits per heavy atom. The lowest BCUT2D eigenvalue weighted by molar-refractivity contribution is 0.0499. The van der Waals surface area contributed by atoms with Gasteiger partial charge in [0.25, 0.3) is 0 Å². The van der Waals surface area contributed by atoms with Gasteiger partial charge in [0, 0.05) is 12.1 Å². The highest BCUT2D eigenvalue weighted by Gasteiger charge is 2.53. The number of fused-ring (bicyclic) bond motifs is 1. The molecule has 0 spiro atoms. The van der Waals surface area contributed by atoms with E-state index in [1.165, 1.54) is 6.42 Å². The second kappa shape index (κ2) is 3.37. The fourth-order valence-electron chi connectivity index (χ4n) is 2.46. The first-order valence-corrected chi connectivity index (χ1v) is 5.62. The number of nitrogens with two attached hydrogens (primary N) is 1. The van der Waals surface area contributed by atoms with Crippen molar-refractivity contribution in [2.45, 2.75) is 51.3 Å². The van der Waals surface area contributed by atoms with Crippen molar-refractivity contribution in [1.29, 1.82) is 0 Å². The Balaban J connectivity index is 1.80. The largest absolute Gasteiger partial charge is 0.444 e. The lowest BCUT2D eigenvalue weighted by Gasteiger charge is -2.22. The van der Waals surface area contributed by atoms with Crippen molar-refractivity contribution in [3.63, 3.8) is 0 Å². The van der Waals surface area contributed by atoms with Gasteiger partial charge >= 0.3 is 6.09 Å². The summed E-state index contributed by atoms with van der Waals surface area (Å²) < 4.78 is 5.21. The molecule has 2 fully saturated rings. The van der Waals surface area contributed by atoms with E-state index in [0.717, 1.165) is 6.42 Å². The van der Waals surface area contributed by atoms with Gasteiger partial charge in [-0.05, 0) is 45.4 Å². The van der Waals surface area contributed by atoms with Crippen LogP contribution in [0.2, 0.25) is 0 Å². The van der Waals surface area contributed by atoms with Gasteiger partial charge in [0.1, 0.15) is 5.60 Å². The van der Waals surface area contributed by atoms with Crippen LogP contribution in [0.25, 0.3) is 0 Å². The molecule has 1 amide bonds. The third-order valence-corrected chi connectivity index (χ3v) is 3.19. The molecule has 2 saturated carbocycles. The predicted molar refractivity (Wildman–Crippen MR) is 57.3 cm³/mol. The van der Waals surface area contributed by atoms with Crippen molar-refractivity contribution in [3.05, 3.63) is 0 Å². The van der Waals surface area contributed by atoms with E-state index in [2.05, 4.69) is 5.32 Å². The van der Waals surface area contributed by atoms with Gasteiger partial charge in [-0.25, -0.2) is 4.79 Å². The fraction of sp³-hybridized carbons (Fsp3) is 0.909. The molecule has 4 nitrogen and oxygen atoms in total. The molecule has 0 aliphatic heterocycles. The molecule has 0 saturated heterocycles. The Kier molecular flexibility index (Phi) is 2.41. The first-order valence-electron chi connectivity index (χ1n) is 5.62. The summed E-state index contributed by atoms with van der Waals surface area (Å²) in [4.78, 5) is 11.5. The zero-order chi connectivity index (χ0) is 11.2. The third kappa shape index (κ3) is 2.43. The quantitative estimate of drug-likeness (QED) is 0.687. The van der Waals surface area contributed by atoms with Crippen LogP contribution in [0.4, 0.5) is 4.79 Å². The minimum atomic E-state index is -0.423. The van der Waals surface area contributed by atoms with E-state index in [9.17, 15) is 4.79 Å². The van der Waals surface area contributed by atoms with E-state index in [1.807, 2.05) is 20.8 Å². The number of hydrogen-bond acceptors (Lipinski definition) is 3. The Hall–Kier alpha value is -0.770. The average molecular weight is 212 g/mol. The molecular formula is C11H20N2O2. The molecule has 2 aliphatic rings. The maximum atomic E-state index is 11.5. The van der Waals surface area contributed by atoms with E-state index in [4.69, 9.17) is 10.5 Å². The van der Waals surface area contributed by atoms with Crippen molar-refractivity contribution >= 4 is 6.09 Å². The maximum absolute atomic E-state index is 11.5. The molecule has 2 rings (SSSR count). The van der Waals surface area contributed by atoms with Crippen LogP contribution in [0, 0.1) is 11.8 Å². The van der Waals surface area contributed by atoms with Crippen molar-refractivity contribution in [2.75, 3.05) is 0 Å². The number of ether oxygens (including phenoxy) is 1. The van der Waals surface area contributed by atoms with Gasteiger partial charge in [-0.15, -0.1) is 0 Å². The predicted octanol–water partition coefficient (Wildman–Crippen LogP) is 1.25. The van der Waals surface area contributed by atoms with E-state index in [-0.39, 0.29) is 18.2 Å². The average Bonchev–Trinajstić information content (AvgIpc) is 2.71. The van der Waals surface area contributed by atoms with Gasteiger partial charge in [-0.3, -0.25) is 0 Å². The Morgan fingerprint density at radius 1 is 1.33 bits per heavy atom. The van der Waals surface area contributed by atoms with Crippen LogP contribution < -0.4 is 11.1 Å². The van der Waals surface area contributed by atoms with Crippen molar-refractivity contribution in [2.24, 2.45) is 17.6 Å². The summed E-state index contributed by atoms with van der Waals surface area (Å²) in [7, 11) is 0. The summed E-state index contributed by atoms with van der Waals surface area (Å²) in [6.45, 7) is 5.60. The molecule has 86 valence electrons. The third-order valence-electron chi connectivity index (χ3n) is 3.19. The lowest BCUT2D eigenvalue weighted by atomic mass is 10.1. The number of rotatable bonds is 1. The minimum Gasteiger partial charge on any atom is -0.444 e. The van der Waals surface area contributed by atoms with Gasteiger partial charge in [0.2, 0.25) is 0 Å². The number of carbonyl (C=O) groups excluding carboxylic acids is 1. The SMILES string of the molecule is CC(C)(C)OC(=O)N[C@@H]1C[C@H](N)[C@@H]2C[C@@H]21. The molecule has 15 heavy (non-hydrogen) atoms. The maximum Gasteiger partial charge on any atom is 0.407 e. The molecule has 3 N–H and O–H groups in total. The van der Waals surface area contributed by atoms with E-state index < -0.39 is 5.60 Å². The standard InChI is InChI=1S/C11H20N2O2/c1-11(2,3)15-10(14)13-9-5-8(12)6-4-7(6)9/h6-9H,4-5,12H2,1-3H3,(H,13,14)/t6-,7+,8+,9-/m1/s1. The number of hydrogen-bond donors (Lipinski definition) is 2. The van der Waals surface area contributed by atoms with Crippen LogP contribution in [-0.4, -0.2) is 23.8 Å². The fourth-order valence-corrected chi connectivity index (χ4v) is 2.46. The summed E-state index contributed by atoms with van der Waals surface area (Å²) in [5.41, 5.74) is 5.50. The number of nitrogens with one attached hydrogen (secondary N) is 1. The van der Waals surface area contributed by atoms with Crippen LogP contribution in [-0.2, 0) is 4.74 Å². The first kappa shape index (κ1) is 10.7.